The minimum atomic E-state index is -0.206. The molecule has 1 heterocycles. The Morgan fingerprint density at radius 2 is 2.05 bits per heavy atom. The molecule has 0 aliphatic carbocycles. The summed E-state index contributed by atoms with van der Waals surface area (Å²) in [5.41, 5.74) is 0.288. The van der Waals surface area contributed by atoms with Gasteiger partial charge in [0.15, 0.2) is 0 Å². The number of aromatic nitrogens is 1. The minimum Gasteiger partial charge on any atom is -0.370 e. The van der Waals surface area contributed by atoms with E-state index < -0.39 is 0 Å². The van der Waals surface area contributed by atoms with Gasteiger partial charge in [0.1, 0.15) is 11.5 Å². The van der Waals surface area contributed by atoms with Crippen LogP contribution >= 0.6 is 11.6 Å². The Kier molecular flexibility index (Phi) is 8.13. The molecule has 118 valence electrons. The van der Waals surface area contributed by atoms with E-state index >= 15 is 0 Å². The van der Waals surface area contributed by atoms with Crippen molar-refractivity contribution in [2.75, 3.05) is 11.9 Å². The third-order valence-corrected chi connectivity index (χ3v) is 3.59. The van der Waals surface area contributed by atoms with Crippen molar-refractivity contribution < 1.29 is 4.79 Å². The number of amides is 1. The van der Waals surface area contributed by atoms with Crippen LogP contribution in [-0.4, -0.2) is 23.5 Å². The number of nitrogens with one attached hydrogen (secondary N) is 2. The molecular formula is C16H26ClN3O. The van der Waals surface area contributed by atoms with Crippen molar-refractivity contribution in [3.63, 3.8) is 0 Å². The zero-order chi connectivity index (χ0) is 15.7. The highest BCUT2D eigenvalue weighted by Crippen LogP contribution is 2.17. The number of halogens is 1. The topological polar surface area (TPSA) is 54.0 Å². The Morgan fingerprint density at radius 1 is 1.29 bits per heavy atom. The lowest BCUT2D eigenvalue weighted by molar-refractivity contribution is 0.0933. The predicted molar refractivity (Wildman–Crippen MR) is 89.1 cm³/mol. The van der Waals surface area contributed by atoms with Gasteiger partial charge < -0.3 is 10.6 Å². The van der Waals surface area contributed by atoms with Crippen LogP contribution in [0.15, 0.2) is 12.1 Å². The molecule has 0 aliphatic heterocycles. The van der Waals surface area contributed by atoms with Crippen molar-refractivity contribution in [1.29, 1.82) is 0 Å². The Labute approximate surface area is 132 Å². The highest BCUT2D eigenvalue weighted by molar-refractivity contribution is 6.33. The normalized spacial score (nSPS) is 12.0. The van der Waals surface area contributed by atoms with Crippen LogP contribution in [0.25, 0.3) is 0 Å². The standard InChI is InChI=1S/C16H26ClN3O/c1-4-6-7-8-9-12(3)19-16(21)15-13(17)10-11-14(20-15)18-5-2/h10-12H,4-9H2,1-3H3,(H,18,20)(H,19,21). The molecule has 1 atom stereocenters. The van der Waals surface area contributed by atoms with E-state index in [9.17, 15) is 4.79 Å². The molecular weight excluding hydrogens is 286 g/mol. The maximum Gasteiger partial charge on any atom is 0.271 e. The van der Waals surface area contributed by atoms with Gasteiger partial charge in [-0.2, -0.15) is 0 Å². The van der Waals surface area contributed by atoms with E-state index in [4.69, 9.17) is 11.6 Å². The lowest BCUT2D eigenvalue weighted by Gasteiger charge is -2.14. The van der Waals surface area contributed by atoms with E-state index in [2.05, 4.69) is 22.5 Å². The van der Waals surface area contributed by atoms with Gasteiger partial charge in [-0.1, -0.05) is 44.2 Å². The molecule has 0 saturated carbocycles. The Hall–Kier alpha value is -1.29. The van der Waals surface area contributed by atoms with Gasteiger partial charge in [-0.3, -0.25) is 4.79 Å². The number of unbranched alkanes of at least 4 members (excludes halogenated alkanes) is 3. The molecule has 2 N–H and O–H groups in total. The Balaban J connectivity index is 2.56. The first-order valence-corrected chi connectivity index (χ1v) is 8.17. The molecule has 1 unspecified atom stereocenters. The van der Waals surface area contributed by atoms with E-state index in [1.807, 2.05) is 13.8 Å². The molecule has 0 fully saturated rings. The zero-order valence-electron chi connectivity index (χ0n) is 13.2. The molecule has 1 rings (SSSR count). The summed E-state index contributed by atoms with van der Waals surface area (Å²) in [4.78, 5) is 16.5. The van der Waals surface area contributed by atoms with Crippen molar-refractivity contribution in [1.82, 2.24) is 10.3 Å². The molecule has 5 heteroatoms. The smallest absolute Gasteiger partial charge is 0.271 e. The zero-order valence-corrected chi connectivity index (χ0v) is 14.0. The Morgan fingerprint density at radius 3 is 2.71 bits per heavy atom. The fourth-order valence-electron chi connectivity index (χ4n) is 2.12. The minimum absolute atomic E-state index is 0.134. The molecule has 0 bridgehead atoms. The largest absolute Gasteiger partial charge is 0.370 e. The van der Waals surface area contributed by atoms with Crippen molar-refractivity contribution in [2.45, 2.75) is 58.9 Å². The predicted octanol–water partition coefficient (Wildman–Crippen LogP) is 4.26. The van der Waals surface area contributed by atoms with Gasteiger partial charge in [-0.15, -0.1) is 0 Å². The van der Waals surface area contributed by atoms with Crippen LogP contribution in [-0.2, 0) is 0 Å². The molecule has 0 saturated heterocycles. The van der Waals surface area contributed by atoms with Crippen LogP contribution in [0, 0.1) is 0 Å². The van der Waals surface area contributed by atoms with Crippen LogP contribution < -0.4 is 10.6 Å². The number of rotatable bonds is 9. The number of carbonyl (C=O) groups is 1. The highest BCUT2D eigenvalue weighted by Gasteiger charge is 2.15. The second-order valence-electron chi connectivity index (χ2n) is 5.28. The third-order valence-electron chi connectivity index (χ3n) is 3.29. The SMILES string of the molecule is CCCCCCC(C)NC(=O)c1nc(NCC)ccc1Cl. The summed E-state index contributed by atoms with van der Waals surface area (Å²) < 4.78 is 0. The maximum absolute atomic E-state index is 12.2. The molecule has 21 heavy (non-hydrogen) atoms. The Bertz CT molecular complexity index is 451. The van der Waals surface area contributed by atoms with E-state index in [-0.39, 0.29) is 17.6 Å². The van der Waals surface area contributed by atoms with Gasteiger partial charge in [0.25, 0.3) is 5.91 Å². The molecule has 4 nitrogen and oxygen atoms in total. The van der Waals surface area contributed by atoms with Crippen LogP contribution in [0.1, 0.15) is 63.4 Å². The van der Waals surface area contributed by atoms with E-state index in [1.165, 1.54) is 19.3 Å². The summed E-state index contributed by atoms with van der Waals surface area (Å²) in [6, 6.07) is 3.61. The van der Waals surface area contributed by atoms with Crippen LogP contribution in [0.3, 0.4) is 0 Å². The molecule has 0 radical (unpaired) electrons. The molecule has 1 aromatic rings. The second kappa shape index (κ2) is 9.61. The van der Waals surface area contributed by atoms with E-state index in [0.29, 0.717) is 10.8 Å². The van der Waals surface area contributed by atoms with Gasteiger partial charge in [-0.25, -0.2) is 4.98 Å². The molecule has 0 aromatic carbocycles. The first-order valence-electron chi connectivity index (χ1n) is 7.79. The number of anilines is 1. The summed E-state index contributed by atoms with van der Waals surface area (Å²) in [6.07, 6.45) is 5.80. The first kappa shape index (κ1) is 17.8. The average molecular weight is 312 g/mol. The first-order chi connectivity index (χ1) is 10.1. The fourth-order valence-corrected chi connectivity index (χ4v) is 2.31. The van der Waals surface area contributed by atoms with Crippen LogP contribution in [0.5, 0.6) is 0 Å². The number of carbonyl (C=O) groups excluding carboxylic acids is 1. The quantitative estimate of drug-likeness (QED) is 0.670. The number of nitrogens with zero attached hydrogens (tertiary/aromatic N) is 1. The fraction of sp³-hybridized carbons (Fsp3) is 0.625. The van der Waals surface area contributed by atoms with Gasteiger partial charge >= 0.3 is 0 Å². The number of hydrogen-bond acceptors (Lipinski definition) is 3. The van der Waals surface area contributed by atoms with Crippen LogP contribution in [0.4, 0.5) is 5.82 Å². The summed E-state index contributed by atoms with van der Waals surface area (Å²) in [5, 5.41) is 6.43. The number of hydrogen-bond donors (Lipinski definition) is 2. The molecule has 0 spiro atoms. The van der Waals surface area contributed by atoms with Gasteiger partial charge in [0, 0.05) is 12.6 Å². The van der Waals surface area contributed by atoms with Gasteiger partial charge in [-0.05, 0) is 32.4 Å². The van der Waals surface area contributed by atoms with Crippen molar-refractivity contribution in [3.8, 4) is 0 Å². The second-order valence-corrected chi connectivity index (χ2v) is 5.69. The van der Waals surface area contributed by atoms with E-state index in [0.717, 1.165) is 19.4 Å². The number of pyridine rings is 1. The van der Waals surface area contributed by atoms with Crippen LogP contribution in [0.2, 0.25) is 5.02 Å². The monoisotopic (exact) mass is 311 g/mol. The molecule has 0 aliphatic rings. The van der Waals surface area contributed by atoms with Crippen molar-refractivity contribution in [2.24, 2.45) is 0 Å². The third kappa shape index (κ3) is 6.34. The lowest BCUT2D eigenvalue weighted by atomic mass is 10.1. The molecule has 1 amide bonds. The maximum atomic E-state index is 12.2. The summed E-state index contributed by atoms with van der Waals surface area (Å²) >= 11 is 6.07. The summed E-state index contributed by atoms with van der Waals surface area (Å²) in [5.74, 6) is 0.463. The van der Waals surface area contributed by atoms with Crippen molar-refractivity contribution in [3.05, 3.63) is 22.8 Å². The highest BCUT2D eigenvalue weighted by atomic mass is 35.5. The van der Waals surface area contributed by atoms with Gasteiger partial charge in [0.2, 0.25) is 0 Å². The van der Waals surface area contributed by atoms with Gasteiger partial charge in [0.05, 0.1) is 5.02 Å². The van der Waals surface area contributed by atoms with Crippen molar-refractivity contribution >= 4 is 23.3 Å². The summed E-state index contributed by atoms with van der Waals surface area (Å²) in [6.45, 7) is 6.94. The van der Waals surface area contributed by atoms with E-state index in [1.54, 1.807) is 12.1 Å². The lowest BCUT2D eigenvalue weighted by Crippen LogP contribution is -2.33. The molecule has 1 aromatic heterocycles. The summed E-state index contributed by atoms with van der Waals surface area (Å²) in [7, 11) is 0. The average Bonchev–Trinajstić information content (AvgIpc) is 2.46.